The van der Waals surface area contributed by atoms with Gasteiger partial charge in [-0.3, -0.25) is 9.69 Å². The van der Waals surface area contributed by atoms with E-state index in [2.05, 4.69) is 42.3 Å². The summed E-state index contributed by atoms with van der Waals surface area (Å²) >= 11 is 1.70. The van der Waals surface area contributed by atoms with E-state index in [1.54, 1.807) is 40.7 Å². The molecule has 35 heavy (non-hydrogen) atoms. The van der Waals surface area contributed by atoms with Crippen LogP contribution in [-0.4, -0.2) is 74.6 Å². The van der Waals surface area contributed by atoms with Crippen LogP contribution in [-0.2, 0) is 11.3 Å². The lowest BCUT2D eigenvalue weighted by atomic mass is 10.1. The number of aromatic nitrogens is 4. The predicted molar refractivity (Wildman–Crippen MR) is 137 cm³/mol. The number of nitrogens with zero attached hydrogens (tertiary/aromatic N) is 6. The second kappa shape index (κ2) is 9.93. The molecule has 9 nitrogen and oxygen atoms in total. The van der Waals surface area contributed by atoms with Crippen LogP contribution in [0.4, 0.5) is 5.82 Å². The largest absolute Gasteiger partial charge is 0.508 e. The number of carbonyl (C=O) groups excluding carboxylic acids is 1. The van der Waals surface area contributed by atoms with Crippen molar-refractivity contribution in [3.8, 4) is 11.4 Å². The third-order valence-corrected chi connectivity index (χ3v) is 7.03. The first-order chi connectivity index (χ1) is 17.0. The minimum atomic E-state index is -0.300. The smallest absolute Gasteiger partial charge is 0.239 e. The second-order valence-electron chi connectivity index (χ2n) is 8.53. The predicted octanol–water partition coefficient (Wildman–Crippen LogP) is 2.68. The molecular formula is C25H27N7O2S. The third-order valence-electron chi connectivity index (χ3n) is 6.29. The van der Waals surface area contributed by atoms with Gasteiger partial charge in [-0.2, -0.15) is 0 Å². The zero-order valence-corrected chi connectivity index (χ0v) is 20.4. The fraction of sp³-hybridized carbons (Fsp3) is 0.280. The van der Waals surface area contributed by atoms with Crippen LogP contribution >= 0.6 is 11.8 Å². The van der Waals surface area contributed by atoms with Crippen LogP contribution in [0.1, 0.15) is 5.56 Å². The van der Waals surface area contributed by atoms with Gasteiger partial charge < -0.3 is 15.3 Å². The number of rotatable bonds is 6. The standard InChI is InChI=1S/C25H27N7O2S/c1-30-11-12-31(15-22(30)25(34)26-13-17-3-9-20(35-2)10-4-17)24-21-14-32(29-23(21)27-16-28-24)18-5-7-19(33)8-6-18/h3-10,14,16,22,33H,11-13,15H2,1-2H3,(H,26,34). The Kier molecular flexibility index (Phi) is 6.56. The van der Waals surface area contributed by atoms with Gasteiger partial charge in [-0.05, 0) is 55.3 Å². The lowest BCUT2D eigenvalue weighted by Crippen LogP contribution is -2.57. The quantitative estimate of drug-likeness (QED) is 0.399. The minimum Gasteiger partial charge on any atom is -0.508 e. The van der Waals surface area contributed by atoms with E-state index in [1.165, 1.54) is 11.2 Å². The number of amides is 1. The monoisotopic (exact) mass is 489 g/mol. The summed E-state index contributed by atoms with van der Waals surface area (Å²) in [6.45, 7) is 2.49. The zero-order chi connectivity index (χ0) is 24.4. The Labute approximate surface area is 207 Å². The highest BCUT2D eigenvalue weighted by molar-refractivity contribution is 7.98. The Morgan fingerprint density at radius 1 is 1.11 bits per heavy atom. The Morgan fingerprint density at radius 2 is 1.89 bits per heavy atom. The first-order valence-electron chi connectivity index (χ1n) is 11.4. The average molecular weight is 490 g/mol. The van der Waals surface area contributed by atoms with Crippen LogP contribution in [0.2, 0.25) is 0 Å². The molecule has 10 heteroatoms. The van der Waals surface area contributed by atoms with Crippen molar-refractivity contribution >= 4 is 34.5 Å². The van der Waals surface area contributed by atoms with E-state index in [1.807, 2.05) is 31.6 Å². The van der Waals surface area contributed by atoms with Gasteiger partial charge in [-0.15, -0.1) is 16.9 Å². The van der Waals surface area contributed by atoms with Crippen molar-refractivity contribution in [3.05, 3.63) is 66.6 Å². The van der Waals surface area contributed by atoms with Gasteiger partial charge in [-0.1, -0.05) is 12.1 Å². The molecule has 1 unspecified atom stereocenters. The van der Waals surface area contributed by atoms with Crippen molar-refractivity contribution < 1.29 is 9.90 Å². The van der Waals surface area contributed by atoms with Gasteiger partial charge in [0.05, 0.1) is 11.1 Å². The topological polar surface area (TPSA) is 99.4 Å². The van der Waals surface area contributed by atoms with Gasteiger partial charge in [0.2, 0.25) is 5.91 Å². The lowest BCUT2D eigenvalue weighted by Gasteiger charge is -2.39. The fourth-order valence-electron chi connectivity index (χ4n) is 4.21. The number of phenolic OH excluding ortho intramolecular Hbond substituents is 1. The molecule has 4 aromatic rings. The molecule has 180 valence electrons. The van der Waals surface area contributed by atoms with E-state index in [9.17, 15) is 9.90 Å². The van der Waals surface area contributed by atoms with E-state index in [0.29, 0.717) is 18.7 Å². The molecule has 2 aromatic heterocycles. The Hall–Kier alpha value is -3.63. The van der Waals surface area contributed by atoms with Crippen molar-refractivity contribution in [1.82, 2.24) is 30.0 Å². The highest BCUT2D eigenvalue weighted by atomic mass is 32.2. The molecule has 0 bridgehead atoms. The van der Waals surface area contributed by atoms with Crippen LogP contribution in [0.3, 0.4) is 0 Å². The fourth-order valence-corrected chi connectivity index (χ4v) is 4.62. The first kappa shape index (κ1) is 23.1. The SMILES string of the molecule is CSc1ccc(CNC(=O)C2CN(c3ncnc4nn(-c5ccc(O)cc5)cc34)CCN2C)cc1. The lowest BCUT2D eigenvalue weighted by molar-refractivity contribution is -0.126. The molecule has 0 spiro atoms. The first-order valence-corrected chi connectivity index (χ1v) is 12.6. The van der Waals surface area contributed by atoms with E-state index in [4.69, 9.17) is 0 Å². The normalized spacial score (nSPS) is 16.5. The molecule has 2 N–H and O–H groups in total. The Bertz CT molecular complexity index is 1320. The van der Waals surface area contributed by atoms with E-state index in [0.717, 1.165) is 35.5 Å². The van der Waals surface area contributed by atoms with Crippen molar-refractivity contribution in [2.75, 3.05) is 37.8 Å². The van der Waals surface area contributed by atoms with Crippen LogP contribution in [0.5, 0.6) is 5.75 Å². The van der Waals surface area contributed by atoms with E-state index in [-0.39, 0.29) is 17.7 Å². The molecule has 1 aliphatic rings. The van der Waals surface area contributed by atoms with Crippen LogP contribution in [0.25, 0.3) is 16.7 Å². The van der Waals surface area contributed by atoms with Crippen molar-refractivity contribution in [3.63, 3.8) is 0 Å². The third kappa shape index (κ3) is 4.94. The number of fused-ring (bicyclic) bond motifs is 1. The summed E-state index contributed by atoms with van der Waals surface area (Å²) < 4.78 is 1.73. The maximum atomic E-state index is 13.1. The molecule has 1 atom stereocenters. The van der Waals surface area contributed by atoms with Crippen molar-refractivity contribution in [2.45, 2.75) is 17.5 Å². The summed E-state index contributed by atoms with van der Waals surface area (Å²) in [5, 5.41) is 18.1. The highest BCUT2D eigenvalue weighted by Gasteiger charge is 2.31. The number of anilines is 1. The Morgan fingerprint density at radius 3 is 2.63 bits per heavy atom. The van der Waals surface area contributed by atoms with Gasteiger partial charge in [-0.25, -0.2) is 14.6 Å². The number of benzene rings is 2. The molecule has 2 aromatic carbocycles. The number of thioether (sulfide) groups is 1. The van der Waals surface area contributed by atoms with Crippen LogP contribution < -0.4 is 10.2 Å². The molecule has 1 aliphatic heterocycles. The number of likely N-dealkylation sites (N-methyl/N-ethyl adjacent to an activating group) is 1. The van der Waals surface area contributed by atoms with Gasteiger partial charge in [0.15, 0.2) is 5.65 Å². The molecule has 0 saturated carbocycles. The molecule has 1 fully saturated rings. The highest BCUT2D eigenvalue weighted by Crippen LogP contribution is 2.26. The summed E-state index contributed by atoms with van der Waals surface area (Å²) in [6, 6.07) is 14.8. The van der Waals surface area contributed by atoms with Crippen molar-refractivity contribution in [1.29, 1.82) is 0 Å². The molecule has 1 saturated heterocycles. The number of hydrogen-bond donors (Lipinski definition) is 2. The molecule has 0 aliphatic carbocycles. The number of nitrogens with one attached hydrogen (secondary N) is 1. The number of aromatic hydroxyl groups is 1. The maximum Gasteiger partial charge on any atom is 0.239 e. The summed E-state index contributed by atoms with van der Waals surface area (Å²) in [7, 11) is 1.98. The number of carbonyl (C=O) groups is 1. The Balaban J connectivity index is 1.33. The average Bonchev–Trinajstić information content (AvgIpc) is 3.33. The minimum absolute atomic E-state index is 0.00349. The van der Waals surface area contributed by atoms with E-state index < -0.39 is 0 Å². The van der Waals surface area contributed by atoms with Gasteiger partial charge in [0, 0.05) is 37.3 Å². The molecule has 5 rings (SSSR count). The summed E-state index contributed by atoms with van der Waals surface area (Å²) in [4.78, 5) is 27.4. The van der Waals surface area contributed by atoms with Crippen LogP contribution in [0.15, 0.2) is 66.0 Å². The summed E-state index contributed by atoms with van der Waals surface area (Å²) in [5.74, 6) is 0.958. The van der Waals surface area contributed by atoms with E-state index >= 15 is 0 Å². The molecule has 1 amide bonds. The molecule has 0 radical (unpaired) electrons. The maximum absolute atomic E-state index is 13.1. The summed E-state index contributed by atoms with van der Waals surface area (Å²) in [5.41, 5.74) is 2.47. The zero-order valence-electron chi connectivity index (χ0n) is 19.6. The van der Waals surface area contributed by atoms with Crippen molar-refractivity contribution in [2.24, 2.45) is 0 Å². The van der Waals surface area contributed by atoms with Gasteiger partial charge in [0.25, 0.3) is 0 Å². The number of phenols is 1. The number of hydrogen-bond acceptors (Lipinski definition) is 8. The van der Waals surface area contributed by atoms with Gasteiger partial charge >= 0.3 is 0 Å². The summed E-state index contributed by atoms with van der Waals surface area (Å²) in [6.07, 6.45) is 5.45. The second-order valence-corrected chi connectivity index (χ2v) is 9.41. The molecular weight excluding hydrogens is 462 g/mol. The molecule has 3 heterocycles. The van der Waals surface area contributed by atoms with Gasteiger partial charge in [0.1, 0.15) is 23.9 Å². The van der Waals surface area contributed by atoms with Crippen LogP contribution in [0, 0.1) is 0 Å². The number of piperazine rings is 1.